The zero-order valence-electron chi connectivity index (χ0n) is 13.1. The first-order valence-electron chi connectivity index (χ1n) is 7.44. The molecule has 1 aromatic heterocycles. The van der Waals surface area contributed by atoms with E-state index in [4.69, 9.17) is 4.74 Å². The highest BCUT2D eigenvalue weighted by molar-refractivity contribution is 7.18. The van der Waals surface area contributed by atoms with Crippen LogP contribution in [0.5, 0.6) is 5.75 Å². The maximum Gasteiger partial charge on any atom is 0.251 e. The molecule has 0 aliphatic carbocycles. The Balaban J connectivity index is 1.59. The Morgan fingerprint density at radius 1 is 1.22 bits per heavy atom. The predicted octanol–water partition coefficient (Wildman–Crippen LogP) is 3.59. The molecular formula is C18H18N2O2S. The minimum absolute atomic E-state index is 0.0638. The lowest BCUT2D eigenvalue weighted by Gasteiger charge is -2.06. The molecule has 0 saturated heterocycles. The van der Waals surface area contributed by atoms with Crippen LogP contribution in [-0.4, -0.2) is 24.5 Å². The number of benzene rings is 2. The molecule has 0 bridgehead atoms. The third-order valence-electron chi connectivity index (χ3n) is 3.61. The summed E-state index contributed by atoms with van der Waals surface area (Å²) in [5.74, 6) is 0.774. The number of thiazole rings is 1. The van der Waals surface area contributed by atoms with Crippen molar-refractivity contribution in [3.63, 3.8) is 0 Å². The summed E-state index contributed by atoms with van der Waals surface area (Å²) in [6.45, 7) is 2.57. The smallest absolute Gasteiger partial charge is 0.251 e. The molecule has 1 amide bonds. The molecule has 0 saturated carbocycles. The van der Waals surface area contributed by atoms with Crippen molar-refractivity contribution in [3.8, 4) is 5.75 Å². The van der Waals surface area contributed by atoms with Crippen LogP contribution in [0.3, 0.4) is 0 Å². The van der Waals surface area contributed by atoms with Gasteiger partial charge >= 0.3 is 0 Å². The number of hydrogen-bond donors (Lipinski definition) is 1. The zero-order chi connectivity index (χ0) is 16.2. The van der Waals surface area contributed by atoms with Crippen LogP contribution < -0.4 is 10.1 Å². The molecule has 23 heavy (non-hydrogen) atoms. The molecule has 0 atom stereocenters. The Labute approximate surface area is 139 Å². The van der Waals surface area contributed by atoms with E-state index in [2.05, 4.69) is 10.3 Å². The number of nitrogens with one attached hydrogen (secondary N) is 1. The minimum atomic E-state index is -0.0638. The summed E-state index contributed by atoms with van der Waals surface area (Å²) < 4.78 is 6.24. The lowest BCUT2D eigenvalue weighted by molar-refractivity contribution is 0.0954. The van der Waals surface area contributed by atoms with Crippen molar-refractivity contribution in [2.75, 3.05) is 13.7 Å². The Hall–Kier alpha value is -2.40. The molecule has 5 heteroatoms. The van der Waals surface area contributed by atoms with Crippen molar-refractivity contribution < 1.29 is 9.53 Å². The molecule has 3 rings (SSSR count). The average molecular weight is 326 g/mol. The Morgan fingerprint density at radius 3 is 2.74 bits per heavy atom. The van der Waals surface area contributed by atoms with Crippen LogP contribution in [0.25, 0.3) is 10.2 Å². The number of aryl methyl sites for hydroxylation is 1. The summed E-state index contributed by atoms with van der Waals surface area (Å²) >= 11 is 1.64. The van der Waals surface area contributed by atoms with E-state index in [0.29, 0.717) is 12.1 Å². The van der Waals surface area contributed by atoms with Crippen molar-refractivity contribution >= 4 is 27.5 Å². The van der Waals surface area contributed by atoms with Gasteiger partial charge in [-0.25, -0.2) is 4.98 Å². The molecule has 0 unspecified atom stereocenters. The van der Waals surface area contributed by atoms with E-state index in [9.17, 15) is 4.79 Å². The van der Waals surface area contributed by atoms with Gasteiger partial charge in [0, 0.05) is 12.1 Å². The van der Waals surface area contributed by atoms with Gasteiger partial charge in [-0.3, -0.25) is 4.79 Å². The number of rotatable bonds is 5. The second kappa shape index (κ2) is 6.79. The van der Waals surface area contributed by atoms with Crippen LogP contribution in [0.1, 0.15) is 20.9 Å². The minimum Gasteiger partial charge on any atom is -0.497 e. The molecule has 118 valence electrons. The Morgan fingerprint density at radius 2 is 2.00 bits per heavy atom. The first-order chi connectivity index (χ1) is 11.2. The third-order valence-corrected chi connectivity index (χ3v) is 4.57. The number of ether oxygens (including phenoxy) is 1. The van der Waals surface area contributed by atoms with Crippen molar-refractivity contribution in [2.24, 2.45) is 0 Å². The van der Waals surface area contributed by atoms with Gasteiger partial charge in [-0.1, -0.05) is 12.1 Å². The van der Waals surface area contributed by atoms with Crippen LogP contribution in [0.2, 0.25) is 0 Å². The van der Waals surface area contributed by atoms with Crippen molar-refractivity contribution in [1.29, 1.82) is 0 Å². The second-order valence-electron chi connectivity index (χ2n) is 5.27. The van der Waals surface area contributed by atoms with Gasteiger partial charge in [-0.2, -0.15) is 0 Å². The number of amides is 1. The normalized spacial score (nSPS) is 10.7. The highest BCUT2D eigenvalue weighted by Crippen LogP contribution is 2.22. The summed E-state index contributed by atoms with van der Waals surface area (Å²) in [5.41, 5.74) is 2.70. The summed E-state index contributed by atoms with van der Waals surface area (Å²) in [6, 6.07) is 13.5. The number of nitrogens with zero attached hydrogens (tertiary/aromatic N) is 1. The van der Waals surface area contributed by atoms with Crippen LogP contribution >= 0.6 is 11.3 Å². The van der Waals surface area contributed by atoms with E-state index < -0.39 is 0 Å². The average Bonchev–Trinajstić information content (AvgIpc) is 2.94. The fourth-order valence-electron chi connectivity index (χ4n) is 2.40. The van der Waals surface area contributed by atoms with Gasteiger partial charge in [0.15, 0.2) is 0 Å². The van der Waals surface area contributed by atoms with Crippen LogP contribution in [0.4, 0.5) is 0 Å². The number of carbonyl (C=O) groups is 1. The number of aromatic nitrogens is 1. The maximum absolute atomic E-state index is 12.2. The lowest BCUT2D eigenvalue weighted by Crippen LogP contribution is -2.25. The molecule has 0 spiro atoms. The first-order valence-corrected chi connectivity index (χ1v) is 8.25. The summed E-state index contributed by atoms with van der Waals surface area (Å²) in [7, 11) is 1.65. The molecule has 0 aliphatic rings. The summed E-state index contributed by atoms with van der Waals surface area (Å²) in [5, 5.41) is 3.96. The third kappa shape index (κ3) is 3.68. The van der Waals surface area contributed by atoms with Gasteiger partial charge in [0.1, 0.15) is 5.75 Å². The largest absolute Gasteiger partial charge is 0.497 e. The number of methoxy groups -OCH3 is 1. The number of hydrogen-bond acceptors (Lipinski definition) is 4. The molecule has 0 radical (unpaired) electrons. The highest BCUT2D eigenvalue weighted by Gasteiger charge is 2.08. The second-order valence-corrected chi connectivity index (χ2v) is 6.50. The standard InChI is InChI=1S/C18H18N2O2S/c1-12-20-16-11-14(5-8-17(16)23-12)18(21)19-10-9-13-3-6-15(22-2)7-4-13/h3-8,11H,9-10H2,1-2H3,(H,19,21). The van der Waals surface area contributed by atoms with E-state index in [0.717, 1.165) is 33.0 Å². The van der Waals surface area contributed by atoms with E-state index in [1.54, 1.807) is 18.4 Å². The maximum atomic E-state index is 12.2. The van der Waals surface area contributed by atoms with E-state index >= 15 is 0 Å². The number of carbonyl (C=O) groups excluding carboxylic acids is 1. The fraction of sp³-hybridized carbons (Fsp3) is 0.222. The van der Waals surface area contributed by atoms with Gasteiger partial charge in [0.25, 0.3) is 5.91 Å². The molecular weight excluding hydrogens is 308 g/mol. The number of fused-ring (bicyclic) bond motifs is 1. The van der Waals surface area contributed by atoms with Crippen LogP contribution in [0, 0.1) is 6.92 Å². The fourth-order valence-corrected chi connectivity index (χ4v) is 3.21. The van der Waals surface area contributed by atoms with Crippen molar-refractivity contribution in [3.05, 3.63) is 58.6 Å². The molecule has 1 N–H and O–H groups in total. The summed E-state index contributed by atoms with van der Waals surface area (Å²) in [4.78, 5) is 16.7. The first kappa shape index (κ1) is 15.5. The SMILES string of the molecule is COc1ccc(CCNC(=O)c2ccc3sc(C)nc3c2)cc1. The monoisotopic (exact) mass is 326 g/mol. The zero-order valence-corrected chi connectivity index (χ0v) is 13.9. The van der Waals surface area contributed by atoms with E-state index in [1.165, 1.54) is 0 Å². The van der Waals surface area contributed by atoms with E-state index in [1.807, 2.05) is 49.4 Å². The van der Waals surface area contributed by atoms with Gasteiger partial charge in [0.05, 0.1) is 22.3 Å². The Bertz CT molecular complexity index is 825. The molecule has 0 aliphatic heterocycles. The van der Waals surface area contributed by atoms with Crippen molar-refractivity contribution in [2.45, 2.75) is 13.3 Å². The highest BCUT2D eigenvalue weighted by atomic mass is 32.1. The van der Waals surface area contributed by atoms with Gasteiger partial charge in [-0.15, -0.1) is 11.3 Å². The Kier molecular flexibility index (Phi) is 4.57. The van der Waals surface area contributed by atoms with Crippen LogP contribution in [0.15, 0.2) is 42.5 Å². The molecule has 4 nitrogen and oxygen atoms in total. The van der Waals surface area contributed by atoms with Gasteiger partial charge in [-0.05, 0) is 49.2 Å². The molecule has 2 aromatic carbocycles. The van der Waals surface area contributed by atoms with E-state index in [-0.39, 0.29) is 5.91 Å². The topological polar surface area (TPSA) is 51.2 Å². The molecule has 3 aromatic rings. The summed E-state index contributed by atoms with van der Waals surface area (Å²) in [6.07, 6.45) is 0.786. The molecule has 1 heterocycles. The van der Waals surface area contributed by atoms with Gasteiger partial charge in [0.2, 0.25) is 0 Å². The predicted molar refractivity (Wildman–Crippen MR) is 93.4 cm³/mol. The van der Waals surface area contributed by atoms with Crippen LogP contribution in [-0.2, 0) is 6.42 Å². The lowest BCUT2D eigenvalue weighted by atomic mass is 10.1. The molecule has 0 fully saturated rings. The van der Waals surface area contributed by atoms with Gasteiger partial charge < -0.3 is 10.1 Å². The van der Waals surface area contributed by atoms with Crippen molar-refractivity contribution in [1.82, 2.24) is 10.3 Å². The quantitative estimate of drug-likeness (QED) is 0.779.